The van der Waals surface area contributed by atoms with Crippen LogP contribution in [0.2, 0.25) is 10.0 Å². The van der Waals surface area contributed by atoms with E-state index in [0.29, 0.717) is 21.8 Å². The Hall–Kier alpha value is -1.38. The van der Waals surface area contributed by atoms with Crippen LogP contribution < -0.4 is 10.6 Å². The Balaban J connectivity index is 1.99. The van der Waals surface area contributed by atoms with Crippen molar-refractivity contribution in [2.45, 2.75) is 18.9 Å². The summed E-state index contributed by atoms with van der Waals surface area (Å²) in [6.07, 6.45) is 2.28. The highest BCUT2D eigenvalue weighted by atomic mass is 35.5. The van der Waals surface area contributed by atoms with Crippen LogP contribution in [0, 0.1) is 0 Å². The molecule has 0 amide bonds. The monoisotopic (exact) mass is 306 g/mol. The molecule has 0 saturated carbocycles. The van der Waals surface area contributed by atoms with Gasteiger partial charge in [0.2, 0.25) is 0 Å². The zero-order valence-corrected chi connectivity index (χ0v) is 12.5. The number of nitrogen functional groups attached to an aromatic ring is 1. The van der Waals surface area contributed by atoms with Crippen LogP contribution in [0.3, 0.4) is 0 Å². The molecule has 1 heterocycles. The topological polar surface area (TPSA) is 29.3 Å². The first-order valence-electron chi connectivity index (χ1n) is 6.73. The summed E-state index contributed by atoms with van der Waals surface area (Å²) in [5.41, 5.74) is 9.10. The van der Waals surface area contributed by atoms with Gasteiger partial charge in [-0.05, 0) is 30.5 Å². The summed E-state index contributed by atoms with van der Waals surface area (Å²) in [4.78, 5) is 2.33. The maximum atomic E-state index is 6.14. The second-order valence-corrected chi connectivity index (χ2v) is 5.90. The van der Waals surface area contributed by atoms with Gasteiger partial charge in [-0.2, -0.15) is 0 Å². The van der Waals surface area contributed by atoms with Crippen molar-refractivity contribution in [2.24, 2.45) is 0 Å². The molecule has 1 saturated heterocycles. The Morgan fingerprint density at radius 1 is 1.05 bits per heavy atom. The number of rotatable bonds is 2. The Morgan fingerprint density at radius 2 is 1.75 bits per heavy atom. The lowest BCUT2D eigenvalue weighted by atomic mass is 10.0. The average Bonchev–Trinajstić information content (AvgIpc) is 2.93. The molecule has 1 unspecified atom stereocenters. The maximum absolute atomic E-state index is 6.14. The Bertz CT molecular complexity index is 613. The second kappa shape index (κ2) is 5.55. The van der Waals surface area contributed by atoms with Crippen LogP contribution in [0.4, 0.5) is 11.4 Å². The van der Waals surface area contributed by atoms with E-state index in [1.54, 1.807) is 6.07 Å². The van der Waals surface area contributed by atoms with Gasteiger partial charge in [0.05, 0.1) is 27.5 Å². The molecular weight excluding hydrogens is 291 g/mol. The van der Waals surface area contributed by atoms with Gasteiger partial charge in [0.15, 0.2) is 0 Å². The summed E-state index contributed by atoms with van der Waals surface area (Å²) in [7, 11) is 0. The average molecular weight is 307 g/mol. The van der Waals surface area contributed by atoms with E-state index in [-0.39, 0.29) is 0 Å². The lowest BCUT2D eigenvalue weighted by Crippen LogP contribution is -2.23. The van der Waals surface area contributed by atoms with Crippen LogP contribution >= 0.6 is 23.2 Å². The minimum Gasteiger partial charge on any atom is -0.397 e. The zero-order chi connectivity index (χ0) is 14.1. The lowest BCUT2D eigenvalue weighted by Gasteiger charge is -2.28. The van der Waals surface area contributed by atoms with Crippen molar-refractivity contribution in [3.8, 4) is 0 Å². The number of hydrogen-bond acceptors (Lipinski definition) is 2. The summed E-state index contributed by atoms with van der Waals surface area (Å²) in [5, 5.41) is 1.05. The molecule has 2 aromatic carbocycles. The van der Waals surface area contributed by atoms with Gasteiger partial charge < -0.3 is 10.6 Å². The number of anilines is 2. The molecule has 2 N–H and O–H groups in total. The number of hydrogen-bond donors (Lipinski definition) is 1. The minimum atomic E-state index is 0.357. The molecule has 3 rings (SSSR count). The number of nitrogens with zero attached hydrogens (tertiary/aromatic N) is 1. The van der Waals surface area contributed by atoms with E-state index in [4.69, 9.17) is 28.9 Å². The van der Waals surface area contributed by atoms with Crippen molar-refractivity contribution >= 4 is 34.6 Å². The van der Waals surface area contributed by atoms with Gasteiger partial charge in [-0.3, -0.25) is 0 Å². The smallest absolute Gasteiger partial charge is 0.0621 e. The Labute approximate surface area is 129 Å². The normalized spacial score (nSPS) is 18.5. The summed E-state index contributed by atoms with van der Waals surface area (Å²) < 4.78 is 0. The minimum absolute atomic E-state index is 0.357. The van der Waals surface area contributed by atoms with E-state index in [1.807, 2.05) is 12.1 Å². The van der Waals surface area contributed by atoms with Crippen molar-refractivity contribution in [3.63, 3.8) is 0 Å². The molecule has 0 aromatic heterocycles. The molecule has 20 heavy (non-hydrogen) atoms. The van der Waals surface area contributed by atoms with E-state index < -0.39 is 0 Å². The van der Waals surface area contributed by atoms with Gasteiger partial charge in [-0.15, -0.1) is 0 Å². The summed E-state index contributed by atoms with van der Waals surface area (Å²) in [5.74, 6) is 0. The standard InChI is InChI=1S/C16H16Cl2N2/c17-12-9-14(19)16(10-13(12)18)20-8-4-7-15(20)11-5-2-1-3-6-11/h1-3,5-6,9-10,15H,4,7-8,19H2. The third-order valence-electron chi connectivity index (χ3n) is 3.82. The number of nitrogens with two attached hydrogens (primary N) is 1. The van der Waals surface area contributed by atoms with Crippen LogP contribution in [0.5, 0.6) is 0 Å². The Morgan fingerprint density at radius 3 is 2.50 bits per heavy atom. The summed E-state index contributed by atoms with van der Waals surface area (Å²) in [6, 6.07) is 14.5. The highest BCUT2D eigenvalue weighted by Crippen LogP contribution is 2.41. The van der Waals surface area contributed by atoms with Crippen molar-refractivity contribution in [2.75, 3.05) is 17.2 Å². The molecule has 1 atom stereocenters. The molecule has 0 bridgehead atoms. The SMILES string of the molecule is Nc1cc(Cl)c(Cl)cc1N1CCCC1c1ccccc1. The van der Waals surface area contributed by atoms with E-state index in [0.717, 1.165) is 25.1 Å². The van der Waals surface area contributed by atoms with Crippen LogP contribution in [0.25, 0.3) is 0 Å². The zero-order valence-electron chi connectivity index (χ0n) is 11.0. The molecule has 104 valence electrons. The first-order valence-corrected chi connectivity index (χ1v) is 7.48. The second-order valence-electron chi connectivity index (χ2n) is 5.09. The largest absolute Gasteiger partial charge is 0.397 e. The fraction of sp³-hybridized carbons (Fsp3) is 0.250. The molecule has 1 aliphatic heterocycles. The summed E-state index contributed by atoms with van der Waals surface area (Å²) in [6.45, 7) is 0.988. The van der Waals surface area contributed by atoms with Crippen molar-refractivity contribution in [3.05, 3.63) is 58.1 Å². The van der Waals surface area contributed by atoms with Gasteiger partial charge in [0.1, 0.15) is 0 Å². The van der Waals surface area contributed by atoms with E-state index in [9.17, 15) is 0 Å². The van der Waals surface area contributed by atoms with Crippen LogP contribution in [-0.4, -0.2) is 6.54 Å². The van der Waals surface area contributed by atoms with Crippen molar-refractivity contribution in [1.29, 1.82) is 0 Å². The van der Waals surface area contributed by atoms with E-state index >= 15 is 0 Å². The van der Waals surface area contributed by atoms with Gasteiger partial charge in [0.25, 0.3) is 0 Å². The van der Waals surface area contributed by atoms with Gasteiger partial charge in [-0.1, -0.05) is 53.5 Å². The number of benzene rings is 2. The summed E-state index contributed by atoms with van der Waals surface area (Å²) >= 11 is 12.2. The highest BCUT2D eigenvalue weighted by molar-refractivity contribution is 6.42. The molecule has 2 nitrogen and oxygen atoms in total. The first-order chi connectivity index (χ1) is 9.66. The molecule has 0 radical (unpaired) electrons. The predicted octanol–water partition coefficient (Wildman–Crippen LogP) is 4.92. The predicted molar refractivity (Wildman–Crippen MR) is 86.6 cm³/mol. The van der Waals surface area contributed by atoms with Gasteiger partial charge in [0, 0.05) is 6.54 Å². The third kappa shape index (κ3) is 2.46. The quantitative estimate of drug-likeness (QED) is 0.798. The van der Waals surface area contributed by atoms with Crippen molar-refractivity contribution in [1.82, 2.24) is 0 Å². The van der Waals surface area contributed by atoms with Gasteiger partial charge in [-0.25, -0.2) is 0 Å². The Kier molecular flexibility index (Phi) is 3.77. The molecule has 0 spiro atoms. The molecule has 0 aliphatic carbocycles. The third-order valence-corrected chi connectivity index (χ3v) is 4.54. The van der Waals surface area contributed by atoms with Crippen molar-refractivity contribution < 1.29 is 0 Å². The fourth-order valence-electron chi connectivity index (χ4n) is 2.88. The fourth-order valence-corrected chi connectivity index (χ4v) is 3.21. The van der Waals surface area contributed by atoms with E-state index in [1.165, 1.54) is 5.56 Å². The lowest BCUT2D eigenvalue weighted by molar-refractivity contribution is 0.720. The highest BCUT2D eigenvalue weighted by Gasteiger charge is 2.27. The van der Waals surface area contributed by atoms with Crippen LogP contribution in [0.1, 0.15) is 24.4 Å². The molecule has 1 aliphatic rings. The van der Waals surface area contributed by atoms with Crippen LogP contribution in [0.15, 0.2) is 42.5 Å². The van der Waals surface area contributed by atoms with Crippen LogP contribution in [-0.2, 0) is 0 Å². The first kappa shape index (κ1) is 13.6. The van der Waals surface area contributed by atoms with E-state index in [2.05, 4.69) is 29.2 Å². The molecule has 4 heteroatoms. The maximum Gasteiger partial charge on any atom is 0.0621 e. The van der Waals surface area contributed by atoms with Gasteiger partial charge >= 0.3 is 0 Å². The molecular formula is C16H16Cl2N2. The molecule has 1 fully saturated rings. The molecule has 2 aromatic rings. The number of halogens is 2.